The smallest absolute Gasteiger partial charge is 0.0630 e. The Balaban J connectivity index is 2.70. The first kappa shape index (κ1) is 9.46. The predicted molar refractivity (Wildman–Crippen MR) is 58.8 cm³/mol. The summed E-state index contributed by atoms with van der Waals surface area (Å²) in [6.45, 7) is 5.82. The molecule has 0 radical (unpaired) electrons. The Morgan fingerprint density at radius 1 is 1.31 bits per heavy atom. The maximum Gasteiger partial charge on any atom is 0.0630 e. The summed E-state index contributed by atoms with van der Waals surface area (Å²) in [5, 5.41) is 0. The van der Waals surface area contributed by atoms with Crippen molar-refractivity contribution in [3.63, 3.8) is 0 Å². The van der Waals surface area contributed by atoms with Gasteiger partial charge < -0.3 is 0 Å². The van der Waals surface area contributed by atoms with Gasteiger partial charge in [0, 0.05) is 6.21 Å². The maximum absolute atomic E-state index is 4.18. The van der Waals surface area contributed by atoms with E-state index in [1.807, 2.05) is 49.4 Å². The lowest BCUT2D eigenvalue weighted by molar-refractivity contribution is 1.53. The first-order valence-electron chi connectivity index (χ1n) is 4.24. The van der Waals surface area contributed by atoms with Crippen LogP contribution in [0.1, 0.15) is 12.5 Å². The van der Waals surface area contributed by atoms with Gasteiger partial charge in [0.2, 0.25) is 0 Å². The van der Waals surface area contributed by atoms with Gasteiger partial charge in [0.05, 0.1) is 5.70 Å². The molecular formula is C12H13N. The fourth-order valence-electron chi connectivity index (χ4n) is 0.924. The van der Waals surface area contributed by atoms with Crippen LogP contribution in [0.5, 0.6) is 0 Å². The van der Waals surface area contributed by atoms with E-state index in [0.717, 1.165) is 11.3 Å². The summed E-state index contributed by atoms with van der Waals surface area (Å²) < 4.78 is 0. The van der Waals surface area contributed by atoms with E-state index in [0.29, 0.717) is 0 Å². The Labute approximate surface area is 79.1 Å². The van der Waals surface area contributed by atoms with Crippen LogP contribution in [0.2, 0.25) is 0 Å². The monoisotopic (exact) mass is 171 g/mol. The van der Waals surface area contributed by atoms with Crippen LogP contribution in [0, 0.1) is 0 Å². The van der Waals surface area contributed by atoms with Crippen LogP contribution in [0.3, 0.4) is 0 Å². The van der Waals surface area contributed by atoms with Gasteiger partial charge in [0.25, 0.3) is 0 Å². The van der Waals surface area contributed by atoms with Crippen LogP contribution in [0.15, 0.2) is 54.1 Å². The highest BCUT2D eigenvalue weighted by atomic mass is 14.7. The Morgan fingerprint density at radius 2 is 2.00 bits per heavy atom. The topological polar surface area (TPSA) is 12.4 Å². The molecule has 0 fully saturated rings. The summed E-state index contributed by atoms with van der Waals surface area (Å²) >= 11 is 0. The molecule has 0 atom stereocenters. The second-order valence-corrected chi connectivity index (χ2v) is 2.62. The van der Waals surface area contributed by atoms with E-state index in [-0.39, 0.29) is 0 Å². The van der Waals surface area contributed by atoms with Gasteiger partial charge in [-0.05, 0) is 18.6 Å². The summed E-state index contributed by atoms with van der Waals surface area (Å²) in [6.07, 6.45) is 5.56. The molecule has 0 unspecified atom stereocenters. The highest BCUT2D eigenvalue weighted by Gasteiger charge is 1.91. The third-order valence-electron chi connectivity index (χ3n) is 1.62. The molecule has 0 saturated carbocycles. The first-order valence-corrected chi connectivity index (χ1v) is 4.24. The Kier molecular flexibility index (Phi) is 3.71. The second-order valence-electron chi connectivity index (χ2n) is 2.62. The average Bonchev–Trinajstić information content (AvgIpc) is 2.19. The lowest BCUT2D eigenvalue weighted by Crippen LogP contribution is -1.77. The normalized spacial score (nSPS) is 11.2. The molecule has 66 valence electrons. The molecule has 0 aromatic heterocycles. The molecule has 1 rings (SSSR count). The summed E-state index contributed by atoms with van der Waals surface area (Å²) in [5.74, 6) is 0. The molecule has 1 aromatic rings. The third kappa shape index (κ3) is 3.08. The minimum absolute atomic E-state index is 0.790. The molecule has 1 nitrogen and oxygen atoms in total. The van der Waals surface area contributed by atoms with Crippen LogP contribution in [0.25, 0.3) is 5.70 Å². The summed E-state index contributed by atoms with van der Waals surface area (Å²) in [7, 11) is 0. The fourth-order valence-corrected chi connectivity index (χ4v) is 0.924. The predicted octanol–water partition coefficient (Wildman–Crippen LogP) is 3.30. The van der Waals surface area contributed by atoms with Gasteiger partial charge in [-0.2, -0.15) is 0 Å². The standard InChI is InChI=1S/C12H13N/c1-3-4-10-13-11(2)12-8-6-5-7-9-12/h3-10H,2H2,1H3/b4-3-,13-10?. The highest BCUT2D eigenvalue weighted by molar-refractivity contribution is 5.79. The van der Waals surface area contributed by atoms with Crippen molar-refractivity contribution in [1.82, 2.24) is 0 Å². The van der Waals surface area contributed by atoms with Gasteiger partial charge in [-0.1, -0.05) is 43.0 Å². The number of hydrogen-bond donors (Lipinski definition) is 0. The maximum atomic E-state index is 4.18. The third-order valence-corrected chi connectivity index (χ3v) is 1.62. The SMILES string of the molecule is C=C(N=C/C=C\C)c1ccccc1. The van der Waals surface area contributed by atoms with Crippen molar-refractivity contribution in [2.45, 2.75) is 6.92 Å². The first-order chi connectivity index (χ1) is 6.34. The van der Waals surface area contributed by atoms with Crippen molar-refractivity contribution in [2.75, 3.05) is 0 Å². The number of benzene rings is 1. The van der Waals surface area contributed by atoms with Crippen molar-refractivity contribution in [2.24, 2.45) is 4.99 Å². The van der Waals surface area contributed by atoms with Crippen molar-refractivity contribution in [3.05, 3.63) is 54.6 Å². The molecule has 0 spiro atoms. The molecule has 0 N–H and O–H groups in total. The van der Waals surface area contributed by atoms with Gasteiger partial charge in [0.1, 0.15) is 0 Å². The molecule has 0 heterocycles. The summed E-state index contributed by atoms with van der Waals surface area (Å²) in [5.41, 5.74) is 1.85. The molecule has 0 aliphatic heterocycles. The van der Waals surface area contributed by atoms with Crippen molar-refractivity contribution < 1.29 is 0 Å². The van der Waals surface area contributed by atoms with E-state index >= 15 is 0 Å². The van der Waals surface area contributed by atoms with Crippen LogP contribution < -0.4 is 0 Å². The molecular weight excluding hydrogens is 158 g/mol. The molecule has 0 saturated heterocycles. The number of aliphatic imine (C=N–C) groups is 1. The van der Waals surface area contributed by atoms with E-state index in [4.69, 9.17) is 0 Å². The van der Waals surface area contributed by atoms with Gasteiger partial charge in [-0.15, -0.1) is 0 Å². The second kappa shape index (κ2) is 5.09. The number of allylic oxidation sites excluding steroid dienone is 2. The molecule has 13 heavy (non-hydrogen) atoms. The molecule has 1 heteroatoms. The lowest BCUT2D eigenvalue weighted by atomic mass is 10.2. The van der Waals surface area contributed by atoms with E-state index in [1.54, 1.807) is 6.21 Å². The molecule has 0 aliphatic carbocycles. The Hall–Kier alpha value is -1.63. The number of rotatable bonds is 3. The minimum Gasteiger partial charge on any atom is -0.257 e. The average molecular weight is 171 g/mol. The van der Waals surface area contributed by atoms with Crippen LogP contribution in [-0.2, 0) is 0 Å². The van der Waals surface area contributed by atoms with E-state index < -0.39 is 0 Å². The molecule has 0 aliphatic rings. The van der Waals surface area contributed by atoms with Crippen LogP contribution in [-0.4, -0.2) is 6.21 Å². The summed E-state index contributed by atoms with van der Waals surface area (Å²) in [4.78, 5) is 4.18. The van der Waals surface area contributed by atoms with E-state index in [2.05, 4.69) is 11.6 Å². The van der Waals surface area contributed by atoms with Crippen molar-refractivity contribution in [1.29, 1.82) is 0 Å². The lowest BCUT2D eigenvalue weighted by Gasteiger charge is -1.96. The van der Waals surface area contributed by atoms with Crippen LogP contribution >= 0.6 is 0 Å². The van der Waals surface area contributed by atoms with Gasteiger partial charge >= 0.3 is 0 Å². The minimum atomic E-state index is 0.790. The number of nitrogens with zero attached hydrogens (tertiary/aromatic N) is 1. The fraction of sp³-hybridized carbons (Fsp3) is 0.0833. The quantitative estimate of drug-likeness (QED) is 0.619. The zero-order chi connectivity index (χ0) is 9.52. The van der Waals surface area contributed by atoms with Gasteiger partial charge in [-0.3, -0.25) is 4.99 Å². The van der Waals surface area contributed by atoms with Crippen molar-refractivity contribution in [3.8, 4) is 0 Å². The molecule has 0 bridgehead atoms. The zero-order valence-corrected chi connectivity index (χ0v) is 7.77. The molecule has 1 aromatic carbocycles. The van der Waals surface area contributed by atoms with E-state index in [1.165, 1.54) is 0 Å². The summed E-state index contributed by atoms with van der Waals surface area (Å²) in [6, 6.07) is 9.93. The van der Waals surface area contributed by atoms with E-state index in [9.17, 15) is 0 Å². The Morgan fingerprint density at radius 3 is 2.62 bits per heavy atom. The van der Waals surface area contributed by atoms with Crippen LogP contribution in [0.4, 0.5) is 0 Å². The highest BCUT2D eigenvalue weighted by Crippen LogP contribution is 2.11. The zero-order valence-electron chi connectivity index (χ0n) is 7.77. The van der Waals surface area contributed by atoms with Crippen molar-refractivity contribution >= 4 is 11.9 Å². The van der Waals surface area contributed by atoms with Gasteiger partial charge in [0.15, 0.2) is 0 Å². The number of hydrogen-bond acceptors (Lipinski definition) is 1. The van der Waals surface area contributed by atoms with Gasteiger partial charge in [-0.25, -0.2) is 0 Å². The molecule has 0 amide bonds. The Bertz CT molecular complexity index is 320. The largest absolute Gasteiger partial charge is 0.257 e.